The van der Waals surface area contributed by atoms with Gasteiger partial charge in [-0.05, 0) is 49.8 Å². The molecule has 0 saturated carbocycles. The van der Waals surface area contributed by atoms with Gasteiger partial charge in [0.25, 0.3) is 0 Å². The van der Waals surface area contributed by atoms with E-state index in [0.29, 0.717) is 18.0 Å². The summed E-state index contributed by atoms with van der Waals surface area (Å²) in [4.78, 5) is 2.14. The van der Waals surface area contributed by atoms with Crippen LogP contribution in [0.3, 0.4) is 0 Å². The second-order valence-electron chi connectivity index (χ2n) is 5.85. The van der Waals surface area contributed by atoms with Gasteiger partial charge in [-0.1, -0.05) is 6.07 Å². The van der Waals surface area contributed by atoms with Crippen LogP contribution >= 0.6 is 0 Å². The maximum Gasteiger partial charge on any atom is 0.146 e. The molecule has 1 saturated heterocycles. The van der Waals surface area contributed by atoms with E-state index in [9.17, 15) is 4.39 Å². The average molecular weight is 280 g/mol. The SMILES string of the molecule is COCC1CCN(c2ccc(CC(C)N)cc2F)CC1. The maximum atomic E-state index is 14.2. The van der Waals surface area contributed by atoms with Crippen molar-refractivity contribution in [2.75, 3.05) is 31.7 Å². The van der Waals surface area contributed by atoms with E-state index in [1.54, 1.807) is 13.2 Å². The Bertz CT molecular complexity index is 428. The van der Waals surface area contributed by atoms with Crippen molar-refractivity contribution in [3.8, 4) is 0 Å². The van der Waals surface area contributed by atoms with Crippen LogP contribution in [0.5, 0.6) is 0 Å². The molecule has 2 N–H and O–H groups in total. The largest absolute Gasteiger partial charge is 0.384 e. The van der Waals surface area contributed by atoms with Gasteiger partial charge in [0.05, 0.1) is 5.69 Å². The fraction of sp³-hybridized carbons (Fsp3) is 0.625. The van der Waals surface area contributed by atoms with E-state index in [4.69, 9.17) is 10.5 Å². The van der Waals surface area contributed by atoms with E-state index in [-0.39, 0.29) is 11.9 Å². The summed E-state index contributed by atoms with van der Waals surface area (Å²) < 4.78 is 19.4. The second-order valence-corrected chi connectivity index (χ2v) is 5.85. The molecule has 0 amide bonds. The summed E-state index contributed by atoms with van der Waals surface area (Å²) in [6.45, 7) is 4.55. The summed E-state index contributed by atoms with van der Waals surface area (Å²) in [6, 6.07) is 5.57. The smallest absolute Gasteiger partial charge is 0.146 e. The van der Waals surface area contributed by atoms with E-state index in [0.717, 1.165) is 38.1 Å². The molecular weight excluding hydrogens is 255 g/mol. The summed E-state index contributed by atoms with van der Waals surface area (Å²) >= 11 is 0. The van der Waals surface area contributed by atoms with Gasteiger partial charge < -0.3 is 15.4 Å². The zero-order valence-corrected chi connectivity index (χ0v) is 12.4. The lowest BCUT2D eigenvalue weighted by atomic mass is 9.97. The van der Waals surface area contributed by atoms with E-state index >= 15 is 0 Å². The van der Waals surface area contributed by atoms with Crippen molar-refractivity contribution < 1.29 is 9.13 Å². The minimum atomic E-state index is -0.131. The number of piperidine rings is 1. The van der Waals surface area contributed by atoms with Crippen molar-refractivity contribution in [3.05, 3.63) is 29.6 Å². The highest BCUT2D eigenvalue weighted by Gasteiger charge is 2.21. The number of ether oxygens (including phenoxy) is 1. The highest BCUT2D eigenvalue weighted by Crippen LogP contribution is 2.26. The topological polar surface area (TPSA) is 38.5 Å². The number of rotatable bonds is 5. The Morgan fingerprint density at radius 2 is 2.10 bits per heavy atom. The maximum absolute atomic E-state index is 14.2. The number of benzene rings is 1. The first-order chi connectivity index (χ1) is 9.60. The Morgan fingerprint density at radius 1 is 1.40 bits per heavy atom. The Hall–Kier alpha value is -1.13. The molecule has 0 aromatic heterocycles. The zero-order chi connectivity index (χ0) is 14.5. The summed E-state index contributed by atoms with van der Waals surface area (Å²) in [7, 11) is 1.74. The highest BCUT2D eigenvalue weighted by molar-refractivity contribution is 5.49. The molecule has 1 heterocycles. The van der Waals surface area contributed by atoms with Gasteiger partial charge in [0.15, 0.2) is 0 Å². The molecule has 4 heteroatoms. The van der Waals surface area contributed by atoms with Gasteiger partial charge >= 0.3 is 0 Å². The quantitative estimate of drug-likeness (QED) is 0.901. The monoisotopic (exact) mass is 280 g/mol. The molecule has 2 rings (SSSR count). The number of nitrogens with zero attached hydrogens (tertiary/aromatic N) is 1. The van der Waals surface area contributed by atoms with Gasteiger partial charge in [-0.3, -0.25) is 0 Å². The van der Waals surface area contributed by atoms with Crippen LogP contribution in [0.2, 0.25) is 0 Å². The minimum Gasteiger partial charge on any atom is -0.384 e. The summed E-state index contributed by atoms with van der Waals surface area (Å²) in [6.07, 6.45) is 2.84. The molecular formula is C16H25FN2O. The highest BCUT2D eigenvalue weighted by atomic mass is 19.1. The van der Waals surface area contributed by atoms with Crippen molar-refractivity contribution in [2.24, 2.45) is 11.7 Å². The molecule has 0 aliphatic carbocycles. The molecule has 3 nitrogen and oxygen atoms in total. The lowest BCUT2D eigenvalue weighted by Crippen LogP contribution is -2.35. The molecule has 1 aliphatic heterocycles. The Kier molecular flexibility index (Phi) is 5.38. The molecule has 1 aromatic carbocycles. The first kappa shape index (κ1) is 15.3. The van der Waals surface area contributed by atoms with Gasteiger partial charge in [0.1, 0.15) is 5.82 Å². The zero-order valence-electron chi connectivity index (χ0n) is 12.4. The minimum absolute atomic E-state index is 0.0602. The van der Waals surface area contributed by atoms with Crippen molar-refractivity contribution in [3.63, 3.8) is 0 Å². The Balaban J connectivity index is 1.99. The fourth-order valence-electron chi connectivity index (χ4n) is 2.88. The van der Waals surface area contributed by atoms with Crippen LogP contribution < -0.4 is 10.6 Å². The average Bonchev–Trinajstić information content (AvgIpc) is 2.40. The molecule has 0 bridgehead atoms. The normalized spacial score (nSPS) is 18.3. The third-order valence-electron chi connectivity index (χ3n) is 3.93. The predicted molar refractivity (Wildman–Crippen MR) is 80.6 cm³/mol. The first-order valence-corrected chi connectivity index (χ1v) is 7.38. The van der Waals surface area contributed by atoms with Crippen LogP contribution in [0.25, 0.3) is 0 Å². The van der Waals surface area contributed by atoms with Crippen molar-refractivity contribution in [2.45, 2.75) is 32.2 Å². The van der Waals surface area contributed by atoms with E-state index in [1.807, 2.05) is 19.1 Å². The number of methoxy groups -OCH3 is 1. The van der Waals surface area contributed by atoms with Crippen LogP contribution in [0, 0.1) is 11.7 Å². The van der Waals surface area contributed by atoms with Crippen molar-refractivity contribution in [1.29, 1.82) is 0 Å². The molecule has 0 spiro atoms. The second kappa shape index (κ2) is 7.04. The van der Waals surface area contributed by atoms with E-state index in [1.165, 1.54) is 0 Å². The van der Waals surface area contributed by atoms with Crippen LogP contribution in [-0.2, 0) is 11.2 Å². The van der Waals surface area contributed by atoms with Crippen LogP contribution in [-0.4, -0.2) is 32.8 Å². The Labute approximate surface area is 120 Å². The summed E-state index contributed by atoms with van der Waals surface area (Å²) in [5, 5.41) is 0. The van der Waals surface area contributed by atoms with Gasteiger partial charge in [0.2, 0.25) is 0 Å². The van der Waals surface area contributed by atoms with Crippen LogP contribution in [0.1, 0.15) is 25.3 Å². The van der Waals surface area contributed by atoms with Gasteiger partial charge in [0, 0.05) is 32.8 Å². The third kappa shape index (κ3) is 3.93. The molecule has 1 aliphatic rings. The molecule has 20 heavy (non-hydrogen) atoms. The van der Waals surface area contributed by atoms with E-state index < -0.39 is 0 Å². The molecule has 0 radical (unpaired) electrons. The number of nitrogens with two attached hydrogens (primary N) is 1. The van der Waals surface area contributed by atoms with Crippen LogP contribution in [0.15, 0.2) is 18.2 Å². The van der Waals surface area contributed by atoms with Gasteiger partial charge in [-0.25, -0.2) is 4.39 Å². The van der Waals surface area contributed by atoms with Crippen molar-refractivity contribution >= 4 is 5.69 Å². The number of hydrogen-bond acceptors (Lipinski definition) is 3. The summed E-state index contributed by atoms with van der Waals surface area (Å²) in [5.41, 5.74) is 7.44. The van der Waals surface area contributed by atoms with Gasteiger partial charge in [-0.2, -0.15) is 0 Å². The summed E-state index contributed by atoms with van der Waals surface area (Å²) in [5.74, 6) is 0.477. The molecule has 1 fully saturated rings. The molecule has 1 unspecified atom stereocenters. The Morgan fingerprint density at radius 3 is 2.65 bits per heavy atom. The lowest BCUT2D eigenvalue weighted by molar-refractivity contribution is 0.139. The predicted octanol–water partition coefficient (Wildman–Crippen LogP) is 2.58. The molecule has 1 atom stereocenters. The first-order valence-electron chi connectivity index (χ1n) is 7.38. The standard InChI is InChI=1S/C16H25FN2O/c1-12(18)9-14-3-4-16(15(17)10-14)19-7-5-13(6-8-19)11-20-2/h3-4,10,12-13H,5-9,11,18H2,1-2H3. The van der Waals surface area contributed by atoms with E-state index in [2.05, 4.69) is 4.90 Å². The lowest BCUT2D eigenvalue weighted by Gasteiger charge is -2.33. The number of hydrogen-bond donors (Lipinski definition) is 1. The van der Waals surface area contributed by atoms with Crippen molar-refractivity contribution in [1.82, 2.24) is 0 Å². The van der Waals surface area contributed by atoms with Crippen LogP contribution in [0.4, 0.5) is 10.1 Å². The van der Waals surface area contributed by atoms with Gasteiger partial charge in [-0.15, -0.1) is 0 Å². The number of halogens is 1. The third-order valence-corrected chi connectivity index (χ3v) is 3.93. The molecule has 112 valence electrons. The number of anilines is 1. The fourth-order valence-corrected chi connectivity index (χ4v) is 2.88. The molecule has 1 aromatic rings.